The number of carbonyl (C=O) groups excluding carboxylic acids is 1. The van der Waals surface area contributed by atoms with Crippen molar-refractivity contribution in [3.8, 4) is 16.9 Å². The van der Waals surface area contributed by atoms with Crippen LogP contribution in [0.2, 0.25) is 0 Å². The van der Waals surface area contributed by atoms with Crippen LogP contribution in [-0.4, -0.2) is 37.9 Å². The molecule has 6 nitrogen and oxygen atoms in total. The monoisotopic (exact) mass is 403 g/mol. The zero-order valence-corrected chi connectivity index (χ0v) is 17.0. The number of aliphatic hydroxyl groups excluding tert-OH is 1. The predicted molar refractivity (Wildman–Crippen MR) is 113 cm³/mol. The number of hydrogen-bond acceptors (Lipinski definition) is 4. The molecule has 0 bridgehead atoms. The van der Waals surface area contributed by atoms with E-state index in [0.717, 1.165) is 41.5 Å². The molecule has 2 aromatic carbocycles. The third-order valence-corrected chi connectivity index (χ3v) is 6.04. The lowest BCUT2D eigenvalue weighted by atomic mass is 10.1. The fourth-order valence-electron chi connectivity index (χ4n) is 4.41. The second-order valence-electron chi connectivity index (χ2n) is 8.21. The molecule has 1 N–H and O–H groups in total. The van der Waals surface area contributed by atoms with E-state index in [4.69, 9.17) is 4.74 Å². The van der Waals surface area contributed by atoms with Crippen molar-refractivity contribution < 1.29 is 14.6 Å². The van der Waals surface area contributed by atoms with Crippen LogP contribution < -0.4 is 4.74 Å². The Labute approximate surface area is 175 Å². The summed E-state index contributed by atoms with van der Waals surface area (Å²) in [6, 6.07) is 14.0. The molecular formula is C24H25N3O3. The van der Waals surface area contributed by atoms with Crippen molar-refractivity contribution in [1.29, 1.82) is 0 Å². The van der Waals surface area contributed by atoms with Crippen LogP contribution in [0.25, 0.3) is 11.1 Å². The van der Waals surface area contributed by atoms with Crippen LogP contribution in [0.1, 0.15) is 40.7 Å². The fraction of sp³-hybridized carbons (Fsp3) is 0.333. The van der Waals surface area contributed by atoms with Gasteiger partial charge in [0.25, 0.3) is 5.91 Å². The second-order valence-corrected chi connectivity index (χ2v) is 8.21. The first-order valence-corrected chi connectivity index (χ1v) is 10.4. The minimum Gasteiger partial charge on any atom is -0.487 e. The third kappa shape index (κ3) is 3.48. The van der Waals surface area contributed by atoms with Crippen LogP contribution in [0.5, 0.6) is 5.75 Å². The summed E-state index contributed by atoms with van der Waals surface area (Å²) in [4.78, 5) is 15.0. The number of nitrogens with zero attached hydrogens (tertiary/aromatic N) is 3. The molecule has 0 radical (unpaired) electrons. The Balaban J connectivity index is 1.31. The third-order valence-electron chi connectivity index (χ3n) is 6.04. The first-order chi connectivity index (χ1) is 14.6. The van der Waals surface area contributed by atoms with E-state index in [9.17, 15) is 9.90 Å². The second kappa shape index (κ2) is 7.61. The van der Waals surface area contributed by atoms with Gasteiger partial charge in [0.15, 0.2) is 0 Å². The van der Waals surface area contributed by atoms with E-state index in [1.54, 1.807) is 4.68 Å². The summed E-state index contributed by atoms with van der Waals surface area (Å²) >= 11 is 0. The number of rotatable bonds is 5. The van der Waals surface area contributed by atoms with Crippen LogP contribution >= 0.6 is 0 Å². The van der Waals surface area contributed by atoms with Gasteiger partial charge in [-0.2, -0.15) is 5.10 Å². The minimum atomic E-state index is -0.452. The summed E-state index contributed by atoms with van der Waals surface area (Å²) in [6.45, 7) is 1.12. The number of amides is 1. The normalized spacial score (nSPS) is 20.6. The highest BCUT2D eigenvalue weighted by Gasteiger charge is 2.33. The molecule has 2 aliphatic rings. The molecule has 0 spiro atoms. The summed E-state index contributed by atoms with van der Waals surface area (Å²) in [5.74, 6) is 0.585. The van der Waals surface area contributed by atoms with E-state index >= 15 is 0 Å². The maximum absolute atomic E-state index is 13.1. The lowest BCUT2D eigenvalue weighted by Crippen LogP contribution is -2.27. The van der Waals surface area contributed by atoms with Gasteiger partial charge in [-0.25, -0.2) is 0 Å². The largest absolute Gasteiger partial charge is 0.487 e. The van der Waals surface area contributed by atoms with Crippen LogP contribution in [0.15, 0.2) is 54.9 Å². The Kier molecular flexibility index (Phi) is 4.79. The Morgan fingerprint density at radius 2 is 1.97 bits per heavy atom. The van der Waals surface area contributed by atoms with E-state index in [1.807, 2.05) is 42.5 Å². The molecule has 1 aromatic heterocycles. The number of benzene rings is 2. The highest BCUT2D eigenvalue weighted by atomic mass is 16.5. The smallest absolute Gasteiger partial charge is 0.258 e. The number of aromatic nitrogens is 2. The van der Waals surface area contributed by atoms with Crippen molar-refractivity contribution in [3.63, 3.8) is 0 Å². The Morgan fingerprint density at radius 1 is 1.13 bits per heavy atom. The molecule has 1 fully saturated rings. The number of hydrogen-bond donors (Lipinski definition) is 1. The van der Waals surface area contributed by atoms with Gasteiger partial charge in [-0.1, -0.05) is 36.4 Å². The number of ether oxygens (including phenoxy) is 1. The van der Waals surface area contributed by atoms with Gasteiger partial charge in [0.1, 0.15) is 11.9 Å². The van der Waals surface area contributed by atoms with E-state index in [0.29, 0.717) is 24.4 Å². The lowest BCUT2D eigenvalue weighted by molar-refractivity contribution is 0.0582. The molecule has 2 unspecified atom stereocenters. The Hall–Kier alpha value is -3.12. The molecular weight excluding hydrogens is 378 g/mol. The summed E-state index contributed by atoms with van der Waals surface area (Å²) in [6.07, 6.45) is 5.69. The van der Waals surface area contributed by atoms with Gasteiger partial charge in [-0.3, -0.25) is 9.48 Å². The van der Waals surface area contributed by atoms with Crippen LogP contribution in [0.4, 0.5) is 0 Å². The van der Waals surface area contributed by atoms with Crippen molar-refractivity contribution in [2.45, 2.75) is 44.6 Å². The summed E-state index contributed by atoms with van der Waals surface area (Å²) < 4.78 is 7.85. The van der Waals surface area contributed by atoms with Gasteiger partial charge < -0.3 is 14.7 Å². The van der Waals surface area contributed by atoms with Gasteiger partial charge in [0.05, 0.1) is 17.9 Å². The van der Waals surface area contributed by atoms with Gasteiger partial charge in [0, 0.05) is 31.9 Å². The molecule has 1 amide bonds. The highest BCUT2D eigenvalue weighted by Crippen LogP contribution is 2.34. The zero-order chi connectivity index (χ0) is 20.7. The van der Waals surface area contributed by atoms with Crippen LogP contribution in [-0.2, 0) is 20.1 Å². The molecule has 0 saturated heterocycles. The fourth-order valence-corrected chi connectivity index (χ4v) is 4.41. The Morgan fingerprint density at radius 3 is 2.67 bits per heavy atom. The van der Waals surface area contributed by atoms with E-state index < -0.39 is 6.10 Å². The summed E-state index contributed by atoms with van der Waals surface area (Å²) in [5, 5.41) is 14.3. The first-order valence-electron chi connectivity index (χ1n) is 10.4. The van der Waals surface area contributed by atoms with E-state index in [2.05, 4.69) is 29.4 Å². The molecule has 1 aliphatic heterocycles. The molecule has 2 heterocycles. The van der Waals surface area contributed by atoms with E-state index in [-0.39, 0.29) is 12.0 Å². The molecule has 1 aliphatic carbocycles. The minimum absolute atomic E-state index is 0.00979. The van der Waals surface area contributed by atoms with Crippen molar-refractivity contribution >= 4 is 5.91 Å². The summed E-state index contributed by atoms with van der Waals surface area (Å²) in [5.41, 5.74) is 4.89. The average molecular weight is 403 g/mol. The number of aliphatic hydroxyl groups is 1. The van der Waals surface area contributed by atoms with Gasteiger partial charge in [-0.05, 0) is 42.0 Å². The molecule has 2 atom stereocenters. The van der Waals surface area contributed by atoms with Crippen LogP contribution in [0, 0.1) is 0 Å². The van der Waals surface area contributed by atoms with Crippen LogP contribution in [0.3, 0.4) is 0 Å². The average Bonchev–Trinajstić information content (AvgIpc) is 3.44. The highest BCUT2D eigenvalue weighted by molar-refractivity contribution is 6.01. The molecule has 6 heteroatoms. The van der Waals surface area contributed by atoms with Crippen molar-refractivity contribution in [1.82, 2.24) is 14.7 Å². The number of carbonyl (C=O) groups is 1. The molecule has 1 saturated carbocycles. The van der Waals surface area contributed by atoms with Gasteiger partial charge in [-0.15, -0.1) is 0 Å². The maximum Gasteiger partial charge on any atom is 0.258 e. The molecule has 30 heavy (non-hydrogen) atoms. The van der Waals surface area contributed by atoms with Crippen molar-refractivity contribution in [2.24, 2.45) is 7.05 Å². The Bertz CT molecular complexity index is 1070. The maximum atomic E-state index is 13.1. The molecule has 3 aromatic rings. The van der Waals surface area contributed by atoms with E-state index in [1.165, 1.54) is 0 Å². The predicted octanol–water partition coefficient (Wildman–Crippen LogP) is 3.54. The topological polar surface area (TPSA) is 67.6 Å². The SMILES string of the molecule is Cn1cc(-c2ccc(CN3Cc4cccc(OC5CCCC5O)c4C3=O)cc2)cn1. The zero-order valence-electron chi connectivity index (χ0n) is 17.0. The van der Waals surface area contributed by atoms with Crippen molar-refractivity contribution in [3.05, 3.63) is 71.5 Å². The lowest BCUT2D eigenvalue weighted by Gasteiger charge is -2.19. The van der Waals surface area contributed by atoms with Gasteiger partial charge >= 0.3 is 0 Å². The number of fused-ring (bicyclic) bond motifs is 1. The standard InChI is InChI=1S/C24H25N3O3/c1-26-14-19(12-25-26)17-10-8-16(9-11-17)13-27-15-18-4-2-7-22(23(18)24(27)29)30-21-6-3-5-20(21)28/h2,4,7-12,14,20-21,28H,3,5-6,13,15H2,1H3. The summed E-state index contributed by atoms with van der Waals surface area (Å²) in [7, 11) is 1.90. The first kappa shape index (κ1) is 18.9. The molecule has 5 rings (SSSR count). The number of aryl methyl sites for hydroxylation is 1. The molecule has 154 valence electrons. The van der Waals surface area contributed by atoms with Gasteiger partial charge in [0.2, 0.25) is 0 Å². The van der Waals surface area contributed by atoms with Crippen molar-refractivity contribution in [2.75, 3.05) is 0 Å². The quantitative estimate of drug-likeness (QED) is 0.708.